The van der Waals surface area contributed by atoms with Crippen molar-refractivity contribution in [2.75, 3.05) is 17.2 Å². The molecule has 0 atom stereocenters. The van der Waals surface area contributed by atoms with Gasteiger partial charge in [0.15, 0.2) is 9.84 Å². The maximum atomic E-state index is 13.7. The van der Waals surface area contributed by atoms with Crippen LogP contribution in [0.3, 0.4) is 0 Å². The van der Waals surface area contributed by atoms with Gasteiger partial charge < -0.3 is 4.90 Å². The van der Waals surface area contributed by atoms with E-state index in [9.17, 15) is 22.0 Å². The van der Waals surface area contributed by atoms with Crippen molar-refractivity contribution in [3.63, 3.8) is 0 Å². The minimum atomic E-state index is -4.20. The van der Waals surface area contributed by atoms with Crippen LogP contribution >= 0.6 is 0 Å². The molecule has 1 amide bonds. The number of rotatable bonds is 5. The highest BCUT2D eigenvalue weighted by Crippen LogP contribution is 2.19. The molecule has 0 N–H and O–H groups in total. The number of sulfone groups is 1. The third-order valence-corrected chi connectivity index (χ3v) is 4.86. The van der Waals surface area contributed by atoms with Gasteiger partial charge in [-0.15, -0.1) is 0 Å². The predicted octanol–water partition coefficient (Wildman–Crippen LogP) is 2.79. The summed E-state index contributed by atoms with van der Waals surface area (Å²) in [6, 6.07) is 10.7. The van der Waals surface area contributed by atoms with Gasteiger partial charge >= 0.3 is 0 Å². The van der Waals surface area contributed by atoms with Crippen molar-refractivity contribution >= 4 is 21.4 Å². The van der Waals surface area contributed by atoms with Crippen LogP contribution in [0.5, 0.6) is 0 Å². The van der Waals surface area contributed by atoms with Crippen LogP contribution in [0, 0.1) is 11.6 Å². The molecular formula is C16H15F2NO3S. The molecule has 0 aliphatic rings. The lowest BCUT2D eigenvalue weighted by atomic mass is 10.3. The average molecular weight is 339 g/mol. The van der Waals surface area contributed by atoms with E-state index in [2.05, 4.69) is 0 Å². The number of carbonyl (C=O) groups excluding carboxylic acids is 1. The Morgan fingerprint density at radius 2 is 1.74 bits per heavy atom. The molecule has 122 valence electrons. The van der Waals surface area contributed by atoms with E-state index in [1.54, 1.807) is 37.3 Å². The predicted molar refractivity (Wildman–Crippen MR) is 82.9 cm³/mol. The highest BCUT2D eigenvalue weighted by molar-refractivity contribution is 7.92. The SMILES string of the molecule is CCN(C(=O)CS(=O)(=O)c1ccc(F)cc1F)c1ccccc1. The van der Waals surface area contributed by atoms with E-state index in [4.69, 9.17) is 0 Å². The average Bonchev–Trinajstić information content (AvgIpc) is 2.48. The van der Waals surface area contributed by atoms with Crippen molar-refractivity contribution in [1.29, 1.82) is 0 Å². The molecular weight excluding hydrogens is 324 g/mol. The molecule has 7 heteroatoms. The van der Waals surface area contributed by atoms with Crippen molar-refractivity contribution in [2.45, 2.75) is 11.8 Å². The number of amides is 1. The summed E-state index contributed by atoms with van der Waals surface area (Å²) in [5, 5.41) is 0. The van der Waals surface area contributed by atoms with Gasteiger partial charge in [-0.2, -0.15) is 0 Å². The number of carbonyl (C=O) groups is 1. The van der Waals surface area contributed by atoms with Gasteiger partial charge in [0, 0.05) is 18.3 Å². The summed E-state index contributed by atoms with van der Waals surface area (Å²) in [5.41, 5.74) is 0.551. The Kier molecular flexibility index (Phi) is 5.10. The van der Waals surface area contributed by atoms with Gasteiger partial charge in [0.25, 0.3) is 0 Å². The van der Waals surface area contributed by atoms with Gasteiger partial charge in [-0.3, -0.25) is 4.79 Å². The number of halogens is 2. The van der Waals surface area contributed by atoms with Crippen LogP contribution in [-0.4, -0.2) is 26.6 Å². The second-order valence-electron chi connectivity index (χ2n) is 4.81. The Hall–Kier alpha value is -2.28. The molecule has 0 radical (unpaired) electrons. The molecule has 0 saturated carbocycles. The second kappa shape index (κ2) is 6.87. The number of hydrogen-bond acceptors (Lipinski definition) is 3. The van der Waals surface area contributed by atoms with E-state index in [1.807, 2.05) is 0 Å². The van der Waals surface area contributed by atoms with Crippen LogP contribution < -0.4 is 4.90 Å². The Morgan fingerprint density at radius 1 is 1.09 bits per heavy atom. The van der Waals surface area contributed by atoms with Gasteiger partial charge in [0.2, 0.25) is 5.91 Å². The lowest BCUT2D eigenvalue weighted by Gasteiger charge is -2.21. The van der Waals surface area contributed by atoms with Crippen LogP contribution in [0.25, 0.3) is 0 Å². The molecule has 0 aromatic heterocycles. The summed E-state index contributed by atoms with van der Waals surface area (Å²) in [7, 11) is -4.20. The second-order valence-corrected chi connectivity index (χ2v) is 6.77. The molecule has 2 aromatic carbocycles. The van der Waals surface area contributed by atoms with Crippen molar-refractivity contribution < 1.29 is 22.0 Å². The fourth-order valence-corrected chi connectivity index (χ4v) is 3.42. The molecule has 0 heterocycles. The minimum absolute atomic E-state index is 0.268. The third-order valence-electron chi connectivity index (χ3n) is 3.23. The number of benzene rings is 2. The number of nitrogens with zero attached hydrogens (tertiary/aromatic N) is 1. The molecule has 0 bridgehead atoms. The molecule has 0 aliphatic heterocycles. The van der Waals surface area contributed by atoms with Crippen LogP contribution in [-0.2, 0) is 14.6 Å². The maximum Gasteiger partial charge on any atom is 0.242 e. The Labute approximate surface area is 133 Å². The van der Waals surface area contributed by atoms with E-state index in [-0.39, 0.29) is 6.54 Å². The van der Waals surface area contributed by atoms with Crippen molar-refractivity contribution in [3.05, 3.63) is 60.2 Å². The molecule has 0 saturated heterocycles. The molecule has 4 nitrogen and oxygen atoms in total. The standard InChI is InChI=1S/C16H15F2NO3S/c1-2-19(13-6-4-3-5-7-13)16(20)11-23(21,22)15-9-8-12(17)10-14(15)18/h3-10H,2,11H2,1H3. The van der Waals surface area contributed by atoms with E-state index >= 15 is 0 Å². The zero-order valence-electron chi connectivity index (χ0n) is 12.4. The smallest absolute Gasteiger partial charge is 0.242 e. The molecule has 0 spiro atoms. The summed E-state index contributed by atoms with van der Waals surface area (Å²) >= 11 is 0. The summed E-state index contributed by atoms with van der Waals surface area (Å²) in [6.07, 6.45) is 0. The van der Waals surface area contributed by atoms with E-state index < -0.39 is 38.0 Å². The van der Waals surface area contributed by atoms with E-state index in [1.165, 1.54) is 4.90 Å². The summed E-state index contributed by atoms with van der Waals surface area (Å²) in [5.74, 6) is -3.66. The van der Waals surface area contributed by atoms with Gasteiger partial charge in [0.05, 0.1) is 0 Å². The fourth-order valence-electron chi connectivity index (χ4n) is 2.16. The first-order valence-electron chi connectivity index (χ1n) is 6.88. The summed E-state index contributed by atoms with van der Waals surface area (Å²) < 4.78 is 51.0. The largest absolute Gasteiger partial charge is 0.312 e. The first kappa shape index (κ1) is 17.1. The molecule has 2 rings (SSSR count). The summed E-state index contributed by atoms with van der Waals surface area (Å²) in [6.45, 7) is 1.97. The lowest BCUT2D eigenvalue weighted by molar-refractivity contribution is -0.116. The fraction of sp³-hybridized carbons (Fsp3) is 0.188. The first-order chi connectivity index (χ1) is 10.8. The Balaban J connectivity index is 2.27. The van der Waals surface area contributed by atoms with Gasteiger partial charge in [-0.05, 0) is 31.2 Å². The van der Waals surface area contributed by atoms with Crippen LogP contribution in [0.1, 0.15) is 6.92 Å². The lowest BCUT2D eigenvalue weighted by Crippen LogP contribution is -2.35. The third kappa shape index (κ3) is 3.92. The van der Waals surface area contributed by atoms with E-state index in [0.29, 0.717) is 11.8 Å². The zero-order valence-corrected chi connectivity index (χ0v) is 13.2. The van der Waals surface area contributed by atoms with Crippen molar-refractivity contribution in [3.8, 4) is 0 Å². The molecule has 23 heavy (non-hydrogen) atoms. The highest BCUT2D eigenvalue weighted by Gasteiger charge is 2.26. The first-order valence-corrected chi connectivity index (χ1v) is 8.53. The molecule has 0 unspecified atom stereocenters. The van der Waals surface area contributed by atoms with Gasteiger partial charge in [-0.1, -0.05) is 18.2 Å². The molecule has 0 aliphatic carbocycles. The van der Waals surface area contributed by atoms with Crippen molar-refractivity contribution in [1.82, 2.24) is 0 Å². The topological polar surface area (TPSA) is 54.5 Å². The maximum absolute atomic E-state index is 13.7. The zero-order chi connectivity index (χ0) is 17.0. The number of para-hydroxylation sites is 1. The number of anilines is 1. The highest BCUT2D eigenvalue weighted by atomic mass is 32.2. The molecule has 0 fully saturated rings. The normalized spacial score (nSPS) is 11.3. The minimum Gasteiger partial charge on any atom is -0.312 e. The summed E-state index contributed by atoms with van der Waals surface area (Å²) in [4.78, 5) is 12.9. The quantitative estimate of drug-likeness (QED) is 0.787. The van der Waals surface area contributed by atoms with Crippen LogP contribution in [0.15, 0.2) is 53.4 Å². The monoisotopic (exact) mass is 339 g/mol. The van der Waals surface area contributed by atoms with Crippen molar-refractivity contribution in [2.24, 2.45) is 0 Å². The number of hydrogen-bond donors (Lipinski definition) is 0. The van der Waals surface area contributed by atoms with Crippen LogP contribution in [0.2, 0.25) is 0 Å². The van der Waals surface area contributed by atoms with Gasteiger partial charge in [-0.25, -0.2) is 17.2 Å². The van der Waals surface area contributed by atoms with Crippen LogP contribution in [0.4, 0.5) is 14.5 Å². The molecule has 2 aromatic rings. The Morgan fingerprint density at radius 3 is 2.30 bits per heavy atom. The van der Waals surface area contributed by atoms with E-state index in [0.717, 1.165) is 12.1 Å². The van der Waals surface area contributed by atoms with Gasteiger partial charge in [0.1, 0.15) is 22.3 Å². The Bertz CT molecular complexity index is 807.